The first-order valence-electron chi connectivity index (χ1n) is 5.62. The van der Waals surface area contributed by atoms with Crippen molar-refractivity contribution in [3.8, 4) is 0 Å². The molecule has 2 aromatic heterocycles. The summed E-state index contributed by atoms with van der Waals surface area (Å²) >= 11 is 2.70. The Hall–Kier alpha value is -1.74. The Morgan fingerprint density at radius 3 is 3.00 bits per heavy atom. The third-order valence-corrected chi connectivity index (χ3v) is 3.87. The maximum atomic E-state index is 11.2. The van der Waals surface area contributed by atoms with Crippen molar-refractivity contribution in [1.29, 1.82) is 0 Å². The van der Waals surface area contributed by atoms with Gasteiger partial charge in [0, 0.05) is 11.8 Å². The van der Waals surface area contributed by atoms with E-state index in [4.69, 9.17) is 10.2 Å². The minimum absolute atomic E-state index is 0.180. The van der Waals surface area contributed by atoms with E-state index in [9.17, 15) is 4.79 Å². The molecule has 20 heavy (non-hydrogen) atoms. The molecule has 0 aliphatic heterocycles. The van der Waals surface area contributed by atoms with Gasteiger partial charge in [0.05, 0.1) is 5.75 Å². The molecular formula is C11H13N5O2S2. The molecule has 0 aliphatic carbocycles. The largest absolute Gasteiger partial charge is 0.415 e. The zero-order chi connectivity index (χ0) is 14.5. The van der Waals surface area contributed by atoms with Gasteiger partial charge in [0.2, 0.25) is 5.89 Å². The van der Waals surface area contributed by atoms with E-state index in [2.05, 4.69) is 26.7 Å². The summed E-state index contributed by atoms with van der Waals surface area (Å²) in [6.07, 6.45) is 0. The van der Waals surface area contributed by atoms with Gasteiger partial charge in [-0.05, 0) is 6.92 Å². The highest BCUT2D eigenvalue weighted by Gasteiger charge is 2.08. The van der Waals surface area contributed by atoms with E-state index in [-0.39, 0.29) is 11.4 Å². The second kappa shape index (κ2) is 6.62. The van der Waals surface area contributed by atoms with Crippen LogP contribution in [0.4, 0.5) is 5.82 Å². The molecule has 0 spiro atoms. The first-order chi connectivity index (χ1) is 9.52. The zero-order valence-electron chi connectivity index (χ0n) is 10.8. The molecule has 2 rings (SSSR count). The van der Waals surface area contributed by atoms with Crippen molar-refractivity contribution in [1.82, 2.24) is 20.2 Å². The normalized spacial score (nSPS) is 10.7. The lowest BCUT2D eigenvalue weighted by Crippen LogP contribution is -2.09. The second-order valence-electron chi connectivity index (χ2n) is 3.97. The van der Waals surface area contributed by atoms with Crippen LogP contribution < -0.4 is 11.3 Å². The zero-order valence-corrected chi connectivity index (χ0v) is 12.4. The minimum Gasteiger partial charge on any atom is -0.415 e. The van der Waals surface area contributed by atoms with Gasteiger partial charge >= 0.3 is 0 Å². The SMILES string of the molecule is C=C(C)CSc1nnc(CSc2nc(N)cc(=O)[nH]2)o1. The van der Waals surface area contributed by atoms with E-state index in [1.807, 2.05) is 6.92 Å². The molecule has 2 aromatic rings. The Labute approximate surface area is 123 Å². The number of thioether (sulfide) groups is 2. The van der Waals surface area contributed by atoms with E-state index < -0.39 is 0 Å². The van der Waals surface area contributed by atoms with Crippen LogP contribution in [0.2, 0.25) is 0 Å². The highest BCUT2D eigenvalue weighted by molar-refractivity contribution is 7.99. The quantitative estimate of drug-likeness (QED) is 0.471. The smallest absolute Gasteiger partial charge is 0.276 e. The number of nitrogens with one attached hydrogen (secondary N) is 1. The first kappa shape index (κ1) is 14.7. The van der Waals surface area contributed by atoms with Crippen LogP contribution in [0, 0.1) is 0 Å². The number of hydrogen-bond acceptors (Lipinski definition) is 8. The van der Waals surface area contributed by atoms with Gasteiger partial charge in [-0.2, -0.15) is 0 Å². The third kappa shape index (κ3) is 4.42. The average Bonchev–Trinajstić information content (AvgIpc) is 2.81. The minimum atomic E-state index is -0.289. The number of nitrogens with two attached hydrogens (primary N) is 1. The Morgan fingerprint density at radius 1 is 1.50 bits per heavy atom. The van der Waals surface area contributed by atoms with Crippen LogP contribution in [0.1, 0.15) is 12.8 Å². The molecule has 0 bridgehead atoms. The summed E-state index contributed by atoms with van der Waals surface area (Å²) in [6.45, 7) is 5.73. The Kier molecular flexibility index (Phi) is 4.85. The van der Waals surface area contributed by atoms with Crippen molar-refractivity contribution >= 4 is 29.3 Å². The summed E-state index contributed by atoms with van der Waals surface area (Å²) in [7, 11) is 0. The van der Waals surface area contributed by atoms with Crippen LogP contribution in [0.25, 0.3) is 0 Å². The summed E-state index contributed by atoms with van der Waals surface area (Å²) in [5.74, 6) is 1.79. The van der Waals surface area contributed by atoms with Crippen LogP contribution >= 0.6 is 23.5 Å². The highest BCUT2D eigenvalue weighted by atomic mass is 32.2. The van der Waals surface area contributed by atoms with Gasteiger partial charge in [0.25, 0.3) is 10.8 Å². The number of rotatable bonds is 6. The summed E-state index contributed by atoms with van der Waals surface area (Å²) in [6, 6.07) is 1.23. The van der Waals surface area contributed by atoms with E-state index in [1.165, 1.54) is 29.6 Å². The molecule has 0 saturated heterocycles. The summed E-state index contributed by atoms with van der Waals surface area (Å²) in [5.41, 5.74) is 6.24. The molecule has 0 saturated carbocycles. The molecule has 3 N–H and O–H groups in total. The van der Waals surface area contributed by atoms with Gasteiger partial charge in [-0.3, -0.25) is 4.79 Å². The monoisotopic (exact) mass is 311 g/mol. The van der Waals surface area contributed by atoms with Crippen LogP contribution in [0.15, 0.2) is 37.8 Å². The fourth-order valence-corrected chi connectivity index (χ4v) is 2.53. The predicted molar refractivity (Wildman–Crippen MR) is 78.7 cm³/mol. The van der Waals surface area contributed by atoms with Crippen molar-refractivity contribution in [2.45, 2.75) is 23.1 Å². The molecule has 9 heteroatoms. The fourth-order valence-electron chi connectivity index (χ4n) is 1.19. The Bertz CT molecular complexity index is 667. The van der Waals surface area contributed by atoms with Crippen LogP contribution in [-0.2, 0) is 5.75 Å². The number of aromatic nitrogens is 4. The van der Waals surface area contributed by atoms with Gasteiger partial charge in [0.1, 0.15) is 5.82 Å². The van der Waals surface area contributed by atoms with Gasteiger partial charge in [0.15, 0.2) is 5.16 Å². The lowest BCUT2D eigenvalue weighted by atomic mass is 10.4. The van der Waals surface area contributed by atoms with Gasteiger partial charge in [-0.1, -0.05) is 35.7 Å². The predicted octanol–water partition coefficient (Wildman–Crippen LogP) is 1.70. The number of anilines is 1. The summed E-state index contributed by atoms with van der Waals surface area (Å²) in [4.78, 5) is 17.8. The van der Waals surface area contributed by atoms with Crippen LogP contribution in [0.3, 0.4) is 0 Å². The molecule has 0 amide bonds. The molecule has 0 radical (unpaired) electrons. The number of hydrogen-bond donors (Lipinski definition) is 2. The molecule has 0 unspecified atom stereocenters. The Balaban J connectivity index is 1.93. The molecule has 0 fully saturated rings. The van der Waals surface area contributed by atoms with Crippen LogP contribution in [0.5, 0.6) is 0 Å². The molecule has 0 aliphatic rings. The second-order valence-corrected chi connectivity index (χ2v) is 5.86. The van der Waals surface area contributed by atoms with Crippen molar-refractivity contribution in [2.24, 2.45) is 0 Å². The van der Waals surface area contributed by atoms with Crippen molar-refractivity contribution in [3.05, 3.63) is 34.5 Å². The third-order valence-electron chi connectivity index (χ3n) is 1.96. The molecule has 7 nitrogen and oxygen atoms in total. The van der Waals surface area contributed by atoms with Gasteiger partial charge < -0.3 is 15.1 Å². The highest BCUT2D eigenvalue weighted by Crippen LogP contribution is 2.22. The molecule has 0 atom stereocenters. The fraction of sp³-hybridized carbons (Fsp3) is 0.273. The number of nitrogens with zero attached hydrogens (tertiary/aromatic N) is 3. The average molecular weight is 311 g/mol. The lowest BCUT2D eigenvalue weighted by molar-refractivity contribution is 0.426. The molecule has 0 aromatic carbocycles. The molecule has 2 heterocycles. The van der Waals surface area contributed by atoms with E-state index in [0.29, 0.717) is 22.0 Å². The summed E-state index contributed by atoms with van der Waals surface area (Å²) in [5, 5.41) is 8.74. The van der Waals surface area contributed by atoms with Crippen LogP contribution in [-0.4, -0.2) is 25.9 Å². The first-order valence-corrected chi connectivity index (χ1v) is 7.59. The number of aromatic amines is 1. The number of H-pyrrole nitrogens is 1. The van der Waals surface area contributed by atoms with E-state index in [0.717, 1.165) is 11.3 Å². The summed E-state index contributed by atoms with van der Waals surface area (Å²) < 4.78 is 5.44. The lowest BCUT2D eigenvalue weighted by Gasteiger charge is -1.98. The van der Waals surface area contributed by atoms with E-state index in [1.54, 1.807) is 0 Å². The maximum absolute atomic E-state index is 11.2. The molecular weight excluding hydrogens is 298 g/mol. The van der Waals surface area contributed by atoms with Crippen molar-refractivity contribution in [3.63, 3.8) is 0 Å². The standard InChI is InChI=1S/C11H13N5O2S2/c1-6(2)4-20-11-16-15-9(18-11)5-19-10-13-7(12)3-8(17)14-10/h3H,1,4-5H2,2H3,(H3,12,13,14,17). The molecule has 106 valence electrons. The number of nitrogen functional groups attached to an aromatic ring is 1. The van der Waals surface area contributed by atoms with Gasteiger partial charge in [-0.25, -0.2) is 4.98 Å². The topological polar surface area (TPSA) is 111 Å². The Morgan fingerprint density at radius 2 is 2.30 bits per heavy atom. The van der Waals surface area contributed by atoms with E-state index >= 15 is 0 Å². The maximum Gasteiger partial charge on any atom is 0.276 e. The van der Waals surface area contributed by atoms with Gasteiger partial charge in [-0.15, -0.1) is 10.2 Å². The van der Waals surface area contributed by atoms with Crippen molar-refractivity contribution in [2.75, 3.05) is 11.5 Å². The van der Waals surface area contributed by atoms with Crippen molar-refractivity contribution < 1.29 is 4.42 Å².